The Bertz CT molecular complexity index is 757. The first-order valence-electron chi connectivity index (χ1n) is 8.55. The van der Waals surface area contributed by atoms with Gasteiger partial charge >= 0.3 is 5.69 Å². The summed E-state index contributed by atoms with van der Waals surface area (Å²) in [6.45, 7) is 9.40. The fourth-order valence-electron chi connectivity index (χ4n) is 2.68. The molecule has 1 heterocycles. The van der Waals surface area contributed by atoms with Gasteiger partial charge in [0.15, 0.2) is 0 Å². The standard InChI is InChI=1S/C18H24FN5O2/c1-12(2)9-23(10-13(3)4)18-16(24(25)26)17(20-11-21-18)22-15-8-6-5-7-14(15)19/h5-8,11-13H,9-10H2,1-4H3,(H,20,21,22). The van der Waals surface area contributed by atoms with E-state index in [1.165, 1.54) is 18.5 Å². The lowest BCUT2D eigenvalue weighted by molar-refractivity contribution is -0.383. The van der Waals surface area contributed by atoms with Gasteiger partial charge in [-0.05, 0) is 24.0 Å². The molecule has 0 saturated carbocycles. The summed E-state index contributed by atoms with van der Waals surface area (Å²) < 4.78 is 13.9. The Balaban J connectivity index is 2.49. The highest BCUT2D eigenvalue weighted by Crippen LogP contribution is 2.34. The van der Waals surface area contributed by atoms with E-state index >= 15 is 0 Å². The minimum atomic E-state index is -0.522. The molecule has 26 heavy (non-hydrogen) atoms. The molecule has 0 aliphatic heterocycles. The number of benzene rings is 1. The first-order valence-corrected chi connectivity index (χ1v) is 8.55. The quantitative estimate of drug-likeness (QED) is 0.555. The van der Waals surface area contributed by atoms with Crippen LogP contribution in [-0.4, -0.2) is 28.0 Å². The van der Waals surface area contributed by atoms with Crippen LogP contribution in [0.15, 0.2) is 30.6 Å². The van der Waals surface area contributed by atoms with E-state index < -0.39 is 10.7 Å². The topological polar surface area (TPSA) is 84.2 Å². The lowest BCUT2D eigenvalue weighted by Gasteiger charge is -2.27. The van der Waals surface area contributed by atoms with E-state index in [2.05, 4.69) is 15.3 Å². The van der Waals surface area contributed by atoms with Crippen LogP contribution in [0.3, 0.4) is 0 Å². The van der Waals surface area contributed by atoms with Gasteiger partial charge in [0.1, 0.15) is 12.1 Å². The number of rotatable bonds is 8. The average Bonchev–Trinajstić information content (AvgIpc) is 2.55. The van der Waals surface area contributed by atoms with E-state index in [1.807, 2.05) is 32.6 Å². The first-order chi connectivity index (χ1) is 12.3. The van der Waals surface area contributed by atoms with Crippen molar-refractivity contribution in [1.82, 2.24) is 9.97 Å². The number of hydrogen-bond acceptors (Lipinski definition) is 6. The molecule has 1 aromatic carbocycles. The van der Waals surface area contributed by atoms with Crippen molar-refractivity contribution in [3.05, 3.63) is 46.5 Å². The molecule has 0 fully saturated rings. The zero-order valence-corrected chi connectivity index (χ0v) is 15.4. The summed E-state index contributed by atoms with van der Waals surface area (Å²) in [6, 6.07) is 5.97. The first kappa shape index (κ1) is 19.6. The highest BCUT2D eigenvalue weighted by molar-refractivity contribution is 5.74. The lowest BCUT2D eigenvalue weighted by atomic mass is 10.1. The molecule has 0 amide bonds. The van der Waals surface area contributed by atoms with Gasteiger partial charge in [-0.3, -0.25) is 10.1 Å². The normalized spacial score (nSPS) is 11.0. The van der Waals surface area contributed by atoms with Crippen molar-refractivity contribution >= 4 is 23.0 Å². The molecule has 2 rings (SSSR count). The Morgan fingerprint density at radius 3 is 2.31 bits per heavy atom. The second-order valence-electron chi connectivity index (χ2n) is 6.95. The molecule has 2 aromatic rings. The lowest BCUT2D eigenvalue weighted by Crippen LogP contribution is -2.32. The van der Waals surface area contributed by atoms with Crippen molar-refractivity contribution in [2.24, 2.45) is 11.8 Å². The van der Waals surface area contributed by atoms with E-state index in [4.69, 9.17) is 0 Å². The predicted octanol–water partition coefficient (Wildman–Crippen LogP) is 4.39. The maximum Gasteiger partial charge on any atom is 0.353 e. The summed E-state index contributed by atoms with van der Waals surface area (Å²) in [5.41, 5.74) is -0.128. The fraction of sp³-hybridized carbons (Fsp3) is 0.444. The average molecular weight is 361 g/mol. The van der Waals surface area contributed by atoms with E-state index in [0.717, 1.165) is 0 Å². The Hall–Kier alpha value is -2.77. The number of halogens is 1. The molecule has 1 aromatic heterocycles. The molecule has 140 valence electrons. The van der Waals surface area contributed by atoms with Crippen LogP contribution in [0.1, 0.15) is 27.7 Å². The fourth-order valence-corrected chi connectivity index (χ4v) is 2.68. The summed E-state index contributed by atoms with van der Waals surface area (Å²) in [6.07, 6.45) is 1.26. The third-order valence-corrected chi connectivity index (χ3v) is 3.58. The minimum absolute atomic E-state index is 0.0254. The van der Waals surface area contributed by atoms with E-state index in [0.29, 0.717) is 24.9 Å². The Kier molecular flexibility index (Phi) is 6.43. The van der Waals surface area contributed by atoms with Crippen LogP contribution in [0, 0.1) is 27.8 Å². The predicted molar refractivity (Wildman–Crippen MR) is 100 cm³/mol. The molecule has 8 heteroatoms. The molecule has 0 radical (unpaired) electrons. The van der Waals surface area contributed by atoms with E-state index in [1.54, 1.807) is 12.1 Å². The maximum atomic E-state index is 13.9. The molecule has 0 saturated heterocycles. The maximum absolute atomic E-state index is 13.9. The van der Waals surface area contributed by atoms with Crippen LogP contribution in [0.4, 0.5) is 27.4 Å². The highest BCUT2D eigenvalue weighted by atomic mass is 19.1. The molecule has 0 aliphatic rings. The number of para-hydroxylation sites is 1. The van der Waals surface area contributed by atoms with Crippen molar-refractivity contribution < 1.29 is 9.31 Å². The second kappa shape index (κ2) is 8.55. The van der Waals surface area contributed by atoms with Gasteiger partial charge in [-0.25, -0.2) is 14.4 Å². The number of nitrogens with one attached hydrogen (secondary N) is 1. The Morgan fingerprint density at radius 1 is 1.15 bits per heavy atom. The molecular formula is C18H24FN5O2. The summed E-state index contributed by atoms with van der Waals surface area (Å²) in [7, 11) is 0. The van der Waals surface area contributed by atoms with Gasteiger partial charge < -0.3 is 10.2 Å². The van der Waals surface area contributed by atoms with Gasteiger partial charge in [-0.2, -0.15) is 0 Å². The third kappa shape index (κ3) is 4.87. The molecule has 7 nitrogen and oxygen atoms in total. The number of hydrogen-bond donors (Lipinski definition) is 1. The highest BCUT2D eigenvalue weighted by Gasteiger charge is 2.28. The van der Waals surface area contributed by atoms with Crippen molar-refractivity contribution in [2.75, 3.05) is 23.3 Å². The number of nitrogens with zero attached hydrogens (tertiary/aromatic N) is 4. The smallest absolute Gasteiger partial charge is 0.350 e. The molecule has 0 spiro atoms. The Labute approximate surface area is 152 Å². The van der Waals surface area contributed by atoms with Crippen LogP contribution in [0.25, 0.3) is 0 Å². The van der Waals surface area contributed by atoms with Crippen LogP contribution >= 0.6 is 0 Å². The molecule has 0 atom stereocenters. The second-order valence-corrected chi connectivity index (χ2v) is 6.95. The number of aromatic nitrogens is 2. The van der Waals surface area contributed by atoms with Gasteiger partial charge in [0.2, 0.25) is 11.6 Å². The van der Waals surface area contributed by atoms with Crippen LogP contribution in [-0.2, 0) is 0 Å². The summed E-state index contributed by atoms with van der Waals surface area (Å²) in [5, 5.41) is 14.5. The molecule has 1 N–H and O–H groups in total. The largest absolute Gasteiger partial charge is 0.353 e. The number of anilines is 3. The van der Waals surface area contributed by atoms with Gasteiger partial charge in [0.25, 0.3) is 0 Å². The number of nitro groups is 1. The third-order valence-electron chi connectivity index (χ3n) is 3.58. The van der Waals surface area contributed by atoms with Gasteiger partial charge in [0, 0.05) is 13.1 Å². The monoisotopic (exact) mass is 361 g/mol. The molecule has 0 bridgehead atoms. The van der Waals surface area contributed by atoms with Crippen molar-refractivity contribution in [2.45, 2.75) is 27.7 Å². The molecule has 0 unspecified atom stereocenters. The summed E-state index contributed by atoms with van der Waals surface area (Å²) in [4.78, 5) is 21.3. The van der Waals surface area contributed by atoms with Crippen molar-refractivity contribution in [3.8, 4) is 0 Å². The molecular weight excluding hydrogens is 337 g/mol. The van der Waals surface area contributed by atoms with Gasteiger partial charge in [-0.15, -0.1) is 0 Å². The van der Waals surface area contributed by atoms with Crippen LogP contribution in [0.5, 0.6) is 0 Å². The minimum Gasteiger partial charge on any atom is -0.350 e. The zero-order valence-electron chi connectivity index (χ0n) is 15.4. The summed E-state index contributed by atoms with van der Waals surface area (Å²) in [5.74, 6) is 0.301. The van der Waals surface area contributed by atoms with Crippen molar-refractivity contribution in [1.29, 1.82) is 0 Å². The van der Waals surface area contributed by atoms with Crippen molar-refractivity contribution in [3.63, 3.8) is 0 Å². The van der Waals surface area contributed by atoms with Crippen LogP contribution < -0.4 is 10.2 Å². The summed E-state index contributed by atoms with van der Waals surface area (Å²) >= 11 is 0. The molecule has 0 aliphatic carbocycles. The van der Waals surface area contributed by atoms with Crippen LogP contribution in [0.2, 0.25) is 0 Å². The van der Waals surface area contributed by atoms with Gasteiger partial charge in [-0.1, -0.05) is 39.8 Å². The van der Waals surface area contributed by atoms with E-state index in [9.17, 15) is 14.5 Å². The van der Waals surface area contributed by atoms with E-state index in [-0.39, 0.29) is 23.0 Å². The van der Waals surface area contributed by atoms with Gasteiger partial charge in [0.05, 0.1) is 10.6 Å². The SMILES string of the molecule is CC(C)CN(CC(C)C)c1ncnc(Nc2ccccc2F)c1[N+](=O)[O-]. The Morgan fingerprint density at radius 2 is 1.77 bits per heavy atom. The zero-order chi connectivity index (χ0) is 19.3.